The van der Waals surface area contributed by atoms with Gasteiger partial charge >= 0.3 is 0 Å². The van der Waals surface area contributed by atoms with Gasteiger partial charge in [-0.25, -0.2) is 0 Å². The molecule has 0 fully saturated rings. The fraction of sp³-hybridized carbons (Fsp3) is 0.167. The Balaban J connectivity index is 2.24. The summed E-state index contributed by atoms with van der Waals surface area (Å²) in [6.07, 6.45) is 0.904. The van der Waals surface area contributed by atoms with Gasteiger partial charge in [-0.15, -0.1) is 11.3 Å². The molecule has 0 saturated carbocycles. The van der Waals surface area contributed by atoms with Crippen molar-refractivity contribution in [1.82, 2.24) is 0 Å². The Kier molecular flexibility index (Phi) is 4.31. The van der Waals surface area contributed by atoms with Crippen LogP contribution in [0.3, 0.4) is 0 Å². The average Bonchev–Trinajstić information content (AvgIpc) is 2.70. The van der Waals surface area contributed by atoms with Gasteiger partial charge in [0.2, 0.25) is 0 Å². The van der Waals surface area contributed by atoms with Crippen LogP contribution in [0.2, 0.25) is 10.0 Å². The molecule has 1 heterocycles. The summed E-state index contributed by atoms with van der Waals surface area (Å²) in [4.78, 5) is 1.48. The van der Waals surface area contributed by atoms with E-state index in [0.29, 0.717) is 10.0 Å². The highest BCUT2D eigenvalue weighted by molar-refractivity contribution is 9.09. The van der Waals surface area contributed by atoms with Crippen LogP contribution in [0.15, 0.2) is 35.7 Å². The zero-order valence-corrected chi connectivity index (χ0v) is 12.2. The molecule has 4 heteroatoms. The number of hydrogen-bond donors (Lipinski definition) is 0. The number of hydrogen-bond acceptors (Lipinski definition) is 1. The summed E-state index contributed by atoms with van der Waals surface area (Å²) in [7, 11) is 0. The fourth-order valence-electron chi connectivity index (χ4n) is 1.52. The Morgan fingerprint density at radius 1 is 1.12 bits per heavy atom. The van der Waals surface area contributed by atoms with Crippen molar-refractivity contribution in [3.05, 3.63) is 56.2 Å². The molecule has 0 bridgehead atoms. The van der Waals surface area contributed by atoms with E-state index in [1.165, 1.54) is 4.88 Å². The highest BCUT2D eigenvalue weighted by Gasteiger charge is 2.15. The quantitative estimate of drug-likeness (QED) is 0.628. The van der Waals surface area contributed by atoms with Crippen molar-refractivity contribution >= 4 is 50.5 Å². The Bertz CT molecular complexity index is 448. The molecule has 16 heavy (non-hydrogen) atoms. The number of thiophene rings is 1. The zero-order valence-electron chi connectivity index (χ0n) is 8.29. The minimum atomic E-state index is 0.160. The van der Waals surface area contributed by atoms with Crippen molar-refractivity contribution in [2.24, 2.45) is 0 Å². The lowest BCUT2D eigenvalue weighted by Gasteiger charge is -2.12. The summed E-state index contributed by atoms with van der Waals surface area (Å²) in [6, 6.07) is 9.76. The lowest BCUT2D eigenvalue weighted by Crippen LogP contribution is -1.95. The van der Waals surface area contributed by atoms with Gasteiger partial charge in [0.1, 0.15) is 0 Å². The van der Waals surface area contributed by atoms with Crippen molar-refractivity contribution in [2.45, 2.75) is 11.2 Å². The third-order valence-corrected chi connectivity index (χ3v) is 4.61. The highest BCUT2D eigenvalue weighted by atomic mass is 79.9. The third-order valence-electron chi connectivity index (χ3n) is 2.27. The molecule has 0 aliphatic carbocycles. The van der Waals surface area contributed by atoms with Gasteiger partial charge in [0, 0.05) is 25.3 Å². The Morgan fingerprint density at radius 3 is 2.38 bits per heavy atom. The topological polar surface area (TPSA) is 0 Å². The van der Waals surface area contributed by atoms with Gasteiger partial charge in [0.25, 0.3) is 0 Å². The summed E-state index contributed by atoms with van der Waals surface area (Å²) in [6.45, 7) is 0. The predicted octanol–water partition coefficient (Wildman–Crippen LogP) is 5.73. The predicted molar refractivity (Wildman–Crippen MR) is 76.2 cm³/mol. The largest absolute Gasteiger partial charge is 0.149 e. The normalized spacial score (nSPS) is 12.7. The van der Waals surface area contributed by atoms with Crippen LogP contribution in [0.1, 0.15) is 15.3 Å². The van der Waals surface area contributed by atoms with Crippen molar-refractivity contribution in [1.29, 1.82) is 0 Å². The molecule has 1 aromatic carbocycles. The minimum Gasteiger partial charge on any atom is -0.149 e. The van der Waals surface area contributed by atoms with Crippen LogP contribution >= 0.6 is 50.5 Å². The van der Waals surface area contributed by atoms with E-state index < -0.39 is 0 Å². The smallest absolute Gasteiger partial charge is 0.0473 e. The van der Waals surface area contributed by atoms with Crippen molar-refractivity contribution in [2.75, 3.05) is 0 Å². The maximum Gasteiger partial charge on any atom is 0.0473 e. The van der Waals surface area contributed by atoms with Gasteiger partial charge in [0.05, 0.1) is 0 Å². The van der Waals surface area contributed by atoms with E-state index in [9.17, 15) is 0 Å². The summed E-state index contributed by atoms with van der Waals surface area (Å²) < 4.78 is 0. The van der Waals surface area contributed by atoms with Gasteiger partial charge in [-0.1, -0.05) is 51.3 Å². The minimum absolute atomic E-state index is 0.160. The third kappa shape index (κ3) is 2.80. The summed E-state index contributed by atoms with van der Waals surface area (Å²) in [5.74, 6) is 0. The first-order chi connectivity index (χ1) is 7.68. The molecule has 0 radical (unpaired) electrons. The Hall–Kier alpha value is -0.0200. The molecule has 0 aliphatic rings. The van der Waals surface area contributed by atoms with Crippen LogP contribution in [-0.2, 0) is 6.42 Å². The van der Waals surface area contributed by atoms with Crippen molar-refractivity contribution < 1.29 is 0 Å². The first-order valence-corrected chi connectivity index (χ1v) is 7.34. The van der Waals surface area contributed by atoms with E-state index in [-0.39, 0.29) is 4.83 Å². The molecule has 0 amide bonds. The Labute approximate surface area is 117 Å². The molecule has 1 aromatic heterocycles. The van der Waals surface area contributed by atoms with Gasteiger partial charge in [-0.3, -0.25) is 0 Å². The summed E-state index contributed by atoms with van der Waals surface area (Å²) in [5, 5.41) is 3.50. The zero-order chi connectivity index (χ0) is 11.5. The monoisotopic (exact) mass is 334 g/mol. The maximum atomic E-state index is 6.15. The summed E-state index contributed by atoms with van der Waals surface area (Å²) in [5.41, 5.74) is 0.972. The second-order valence-corrected chi connectivity index (χ2v) is 6.34. The maximum absolute atomic E-state index is 6.15. The van der Waals surface area contributed by atoms with Gasteiger partial charge in [-0.05, 0) is 30.0 Å². The number of halogens is 3. The van der Waals surface area contributed by atoms with E-state index in [2.05, 4.69) is 27.4 Å². The Morgan fingerprint density at radius 2 is 1.81 bits per heavy atom. The van der Waals surface area contributed by atoms with Crippen LogP contribution in [0, 0.1) is 0 Å². The van der Waals surface area contributed by atoms with E-state index >= 15 is 0 Å². The van der Waals surface area contributed by atoms with E-state index in [0.717, 1.165) is 12.0 Å². The second kappa shape index (κ2) is 5.54. The standard InChI is InChI=1S/C12H9BrCl2S/c13-9(7-8-3-2-6-16-8)12-10(14)4-1-5-11(12)15/h1-6,9H,7H2. The van der Waals surface area contributed by atoms with Crippen LogP contribution in [0.25, 0.3) is 0 Å². The lowest BCUT2D eigenvalue weighted by molar-refractivity contribution is 0.969. The molecule has 2 rings (SSSR count). The summed E-state index contributed by atoms with van der Waals surface area (Å²) >= 11 is 17.7. The van der Waals surface area contributed by atoms with Crippen LogP contribution in [-0.4, -0.2) is 0 Å². The van der Waals surface area contributed by atoms with Crippen molar-refractivity contribution in [3.63, 3.8) is 0 Å². The molecule has 84 valence electrons. The van der Waals surface area contributed by atoms with Gasteiger partial charge in [0.15, 0.2) is 0 Å². The number of rotatable bonds is 3. The second-order valence-electron chi connectivity index (χ2n) is 3.39. The molecule has 0 N–H and O–H groups in total. The fourth-order valence-corrected chi connectivity index (χ4v) is 4.25. The van der Waals surface area contributed by atoms with Gasteiger partial charge in [-0.2, -0.15) is 0 Å². The first kappa shape index (κ1) is 12.4. The number of alkyl halides is 1. The average molecular weight is 336 g/mol. The van der Waals surface area contributed by atoms with Gasteiger partial charge < -0.3 is 0 Å². The SMILES string of the molecule is Clc1cccc(Cl)c1C(Br)Cc1cccs1. The van der Waals surface area contributed by atoms with Crippen LogP contribution in [0.4, 0.5) is 0 Å². The molecule has 1 atom stereocenters. The van der Waals surface area contributed by atoms with E-state index in [4.69, 9.17) is 23.2 Å². The molecule has 0 aliphatic heterocycles. The molecule has 2 aromatic rings. The molecule has 0 nitrogen and oxygen atoms in total. The van der Waals surface area contributed by atoms with E-state index in [1.807, 2.05) is 24.3 Å². The highest BCUT2D eigenvalue weighted by Crippen LogP contribution is 2.37. The van der Waals surface area contributed by atoms with E-state index in [1.54, 1.807) is 11.3 Å². The van der Waals surface area contributed by atoms with Crippen molar-refractivity contribution in [3.8, 4) is 0 Å². The molecular weight excluding hydrogens is 327 g/mol. The van der Waals surface area contributed by atoms with Crippen LogP contribution < -0.4 is 0 Å². The first-order valence-electron chi connectivity index (χ1n) is 4.79. The molecule has 1 unspecified atom stereocenters. The molecule has 0 spiro atoms. The van der Waals surface area contributed by atoms with Crippen LogP contribution in [0.5, 0.6) is 0 Å². The molecule has 0 saturated heterocycles. The lowest BCUT2D eigenvalue weighted by atomic mass is 10.1. The number of benzene rings is 1. The molecular formula is C12H9BrCl2S.